The molecule has 0 unspecified atom stereocenters. The fourth-order valence-corrected chi connectivity index (χ4v) is 4.60. The third-order valence-corrected chi connectivity index (χ3v) is 6.55. The van der Waals surface area contributed by atoms with Gasteiger partial charge in [-0.25, -0.2) is 9.37 Å². The van der Waals surface area contributed by atoms with E-state index in [0.717, 1.165) is 12.8 Å². The van der Waals surface area contributed by atoms with Crippen molar-refractivity contribution in [1.29, 1.82) is 0 Å². The summed E-state index contributed by atoms with van der Waals surface area (Å²) in [5, 5.41) is 0. The first kappa shape index (κ1) is 21.7. The first-order chi connectivity index (χ1) is 16.0. The Bertz CT molecular complexity index is 1270. The molecule has 6 nitrogen and oxygen atoms in total. The van der Waals surface area contributed by atoms with Crippen molar-refractivity contribution in [1.82, 2.24) is 24.7 Å². The van der Waals surface area contributed by atoms with Crippen LogP contribution in [0.4, 0.5) is 8.78 Å². The molecule has 8 heteroatoms. The van der Waals surface area contributed by atoms with Crippen LogP contribution >= 0.6 is 0 Å². The Balaban J connectivity index is 1.35. The van der Waals surface area contributed by atoms with Crippen LogP contribution in [0, 0.1) is 24.6 Å². The first-order valence-electron chi connectivity index (χ1n) is 11.4. The summed E-state index contributed by atoms with van der Waals surface area (Å²) in [6.07, 6.45) is 6.03. The molecule has 2 fully saturated rings. The summed E-state index contributed by atoms with van der Waals surface area (Å²) in [4.78, 5) is 25.0. The maximum absolute atomic E-state index is 15.3. The lowest BCUT2D eigenvalue weighted by Crippen LogP contribution is -2.46. The normalized spacial score (nSPS) is 19.3. The van der Waals surface area contributed by atoms with E-state index in [1.807, 2.05) is 17.1 Å². The zero-order valence-corrected chi connectivity index (χ0v) is 18.9. The fraction of sp³-hybridized carbons (Fsp3) is 0.440. The van der Waals surface area contributed by atoms with E-state index >= 15 is 8.78 Å². The van der Waals surface area contributed by atoms with Gasteiger partial charge < -0.3 is 14.8 Å². The Morgan fingerprint density at radius 2 is 1.97 bits per heavy atom. The molecule has 172 valence electrons. The summed E-state index contributed by atoms with van der Waals surface area (Å²) in [5.41, 5.74) is 2.07. The van der Waals surface area contributed by atoms with Crippen LogP contribution in [-0.2, 0) is 6.54 Å². The van der Waals surface area contributed by atoms with E-state index < -0.39 is 11.4 Å². The highest BCUT2D eigenvalue weighted by molar-refractivity contribution is 5.82. The molecule has 1 aliphatic carbocycles. The number of nitrogens with one attached hydrogen (secondary N) is 1. The highest BCUT2D eigenvalue weighted by Gasteiger charge is 2.34. The molecular formula is C25H27F2N5O. The minimum Gasteiger partial charge on any atom is -0.365 e. The van der Waals surface area contributed by atoms with Gasteiger partial charge in [-0.3, -0.25) is 9.69 Å². The van der Waals surface area contributed by atoms with Gasteiger partial charge in [-0.1, -0.05) is 12.0 Å². The number of piperazine rings is 1. The molecule has 0 bridgehead atoms. The van der Waals surface area contributed by atoms with Crippen LogP contribution in [0.15, 0.2) is 34.7 Å². The number of allylic oxidation sites excluding steroid dienone is 1. The molecule has 0 radical (unpaired) electrons. The van der Waals surface area contributed by atoms with E-state index in [1.54, 1.807) is 19.9 Å². The molecule has 1 aromatic carbocycles. The maximum Gasteiger partial charge on any atom is 0.269 e. The smallest absolute Gasteiger partial charge is 0.269 e. The number of hydrogen-bond donors (Lipinski definition) is 1. The average Bonchev–Trinajstić information content (AvgIpc) is 3.65. The summed E-state index contributed by atoms with van der Waals surface area (Å²) in [6.45, 7) is 7.03. The van der Waals surface area contributed by atoms with Crippen LogP contribution in [0.25, 0.3) is 11.0 Å². The Kier molecular flexibility index (Phi) is 5.67. The van der Waals surface area contributed by atoms with Crippen molar-refractivity contribution < 1.29 is 8.78 Å². The number of H-pyrrole nitrogens is 1. The summed E-state index contributed by atoms with van der Waals surface area (Å²) >= 11 is 0. The van der Waals surface area contributed by atoms with Crippen LogP contribution in [0.2, 0.25) is 0 Å². The maximum atomic E-state index is 15.3. The second kappa shape index (κ2) is 8.64. The van der Waals surface area contributed by atoms with E-state index in [2.05, 4.69) is 31.6 Å². The van der Waals surface area contributed by atoms with Crippen molar-refractivity contribution in [3.8, 4) is 11.8 Å². The fourth-order valence-electron chi connectivity index (χ4n) is 4.60. The van der Waals surface area contributed by atoms with Gasteiger partial charge in [0.05, 0.1) is 11.3 Å². The number of hydrogen-bond acceptors (Lipinski definition) is 5. The summed E-state index contributed by atoms with van der Waals surface area (Å²) in [6, 6.07) is 2.07. The summed E-state index contributed by atoms with van der Waals surface area (Å²) in [5.74, 6) is 5.24. The van der Waals surface area contributed by atoms with Crippen molar-refractivity contribution in [3.63, 3.8) is 0 Å². The van der Waals surface area contributed by atoms with E-state index in [4.69, 9.17) is 0 Å². The van der Waals surface area contributed by atoms with Crippen molar-refractivity contribution in [2.75, 3.05) is 32.7 Å². The number of aryl methyl sites for hydroxylation is 1. The first-order valence-corrected chi connectivity index (χ1v) is 11.4. The molecule has 0 atom stereocenters. The Hall–Kier alpha value is -3.18. The van der Waals surface area contributed by atoms with E-state index in [0.29, 0.717) is 67.7 Å². The molecular weight excluding hydrogens is 424 g/mol. The number of rotatable bonds is 4. The van der Waals surface area contributed by atoms with Gasteiger partial charge >= 0.3 is 0 Å². The SMILES string of the molecule is CC#Cc1cc(CN2CCN(C3=C(F)N(C4CC4)CC=C3)CC2)c(F)c2[nH]c(=O)c(C)nc12. The summed E-state index contributed by atoms with van der Waals surface area (Å²) in [7, 11) is 0. The van der Waals surface area contributed by atoms with Gasteiger partial charge in [-0.2, -0.15) is 4.39 Å². The van der Waals surface area contributed by atoms with Gasteiger partial charge in [-0.15, -0.1) is 5.92 Å². The molecule has 1 aromatic heterocycles. The number of fused-ring (bicyclic) bond motifs is 1. The molecule has 1 saturated heterocycles. The van der Waals surface area contributed by atoms with E-state index in [9.17, 15) is 4.79 Å². The molecule has 3 heterocycles. The number of aromatic nitrogens is 2. The molecule has 5 rings (SSSR count). The van der Waals surface area contributed by atoms with Crippen LogP contribution in [0.3, 0.4) is 0 Å². The Morgan fingerprint density at radius 3 is 2.67 bits per heavy atom. The zero-order chi connectivity index (χ0) is 23.1. The van der Waals surface area contributed by atoms with Crippen molar-refractivity contribution >= 4 is 11.0 Å². The molecule has 2 aliphatic heterocycles. The van der Waals surface area contributed by atoms with Crippen LogP contribution in [0.5, 0.6) is 0 Å². The largest absolute Gasteiger partial charge is 0.365 e. The molecule has 33 heavy (non-hydrogen) atoms. The second-order valence-electron chi connectivity index (χ2n) is 8.87. The van der Waals surface area contributed by atoms with Gasteiger partial charge in [-0.05, 0) is 38.8 Å². The zero-order valence-electron chi connectivity index (χ0n) is 18.9. The topological polar surface area (TPSA) is 55.5 Å². The number of benzene rings is 1. The molecule has 3 aliphatic rings. The van der Waals surface area contributed by atoms with Gasteiger partial charge in [0.1, 0.15) is 16.7 Å². The molecule has 1 saturated carbocycles. The van der Waals surface area contributed by atoms with Crippen molar-refractivity contribution in [3.05, 3.63) is 62.9 Å². The highest BCUT2D eigenvalue weighted by atomic mass is 19.1. The minimum absolute atomic E-state index is 0.0965. The van der Waals surface area contributed by atoms with Gasteiger partial charge in [0.15, 0.2) is 5.82 Å². The van der Waals surface area contributed by atoms with Crippen LogP contribution < -0.4 is 5.56 Å². The van der Waals surface area contributed by atoms with Gasteiger partial charge in [0.25, 0.3) is 5.56 Å². The number of halogens is 2. The van der Waals surface area contributed by atoms with E-state index in [1.165, 1.54) is 0 Å². The standard InChI is InChI=1S/C25H27F2N5O/c1-3-5-17-14-18(21(26)23-22(17)28-16(2)25(33)29-23)15-30-10-12-31(13-11-30)20-6-4-9-32(24(20)27)19-7-8-19/h4,6,14,19H,7-13,15H2,1-2H3,(H,29,33). The third kappa shape index (κ3) is 4.13. The lowest BCUT2D eigenvalue weighted by Gasteiger charge is -2.38. The minimum atomic E-state index is -0.470. The third-order valence-electron chi connectivity index (χ3n) is 6.55. The quantitative estimate of drug-likeness (QED) is 0.572. The number of aromatic amines is 1. The second-order valence-corrected chi connectivity index (χ2v) is 8.87. The average molecular weight is 452 g/mol. The Morgan fingerprint density at radius 1 is 1.21 bits per heavy atom. The monoisotopic (exact) mass is 451 g/mol. The summed E-state index contributed by atoms with van der Waals surface area (Å²) < 4.78 is 30.3. The molecule has 1 N–H and O–H groups in total. The van der Waals surface area contributed by atoms with Gasteiger partial charge in [0, 0.05) is 50.9 Å². The molecule has 0 spiro atoms. The van der Waals surface area contributed by atoms with Crippen molar-refractivity contribution in [2.45, 2.75) is 39.3 Å². The molecule has 0 amide bonds. The van der Waals surface area contributed by atoms with E-state index in [-0.39, 0.29) is 17.2 Å². The van der Waals surface area contributed by atoms with Crippen molar-refractivity contribution in [2.24, 2.45) is 0 Å². The lowest BCUT2D eigenvalue weighted by atomic mass is 10.1. The Labute approximate surface area is 191 Å². The predicted octanol–water partition coefficient (Wildman–Crippen LogP) is 3.03. The lowest BCUT2D eigenvalue weighted by molar-refractivity contribution is 0.144. The number of nitrogens with zero attached hydrogens (tertiary/aromatic N) is 4. The van der Waals surface area contributed by atoms with Gasteiger partial charge in [0.2, 0.25) is 5.95 Å². The molecule has 2 aromatic rings. The predicted molar refractivity (Wildman–Crippen MR) is 123 cm³/mol. The highest BCUT2D eigenvalue weighted by Crippen LogP contribution is 2.34. The van der Waals surface area contributed by atoms with Crippen LogP contribution in [-0.4, -0.2) is 63.4 Å². The van der Waals surface area contributed by atoms with Crippen LogP contribution in [0.1, 0.15) is 36.6 Å².